The highest BCUT2D eigenvalue weighted by molar-refractivity contribution is 7.80. The molecule has 0 unspecified atom stereocenters. The van der Waals surface area contributed by atoms with Gasteiger partial charge in [-0.2, -0.15) is 5.26 Å². The first kappa shape index (κ1) is 14.5. The Bertz CT molecular complexity index is 893. The number of hydrogen-bond acceptors (Lipinski definition) is 4. The highest BCUT2D eigenvalue weighted by atomic mass is 32.1. The first-order valence-corrected chi connectivity index (χ1v) is 7.44. The maximum atomic E-state index is 8.98. The second-order valence-electron chi connectivity index (χ2n) is 4.97. The average molecular weight is 309 g/mol. The quantitative estimate of drug-likeness (QED) is 0.716. The van der Waals surface area contributed by atoms with Gasteiger partial charge in [0, 0.05) is 4.90 Å². The predicted molar refractivity (Wildman–Crippen MR) is 89.4 cm³/mol. The lowest BCUT2D eigenvalue weighted by Gasteiger charge is -2.12. The summed E-state index contributed by atoms with van der Waals surface area (Å²) in [6.45, 7) is 4.49. The summed E-state index contributed by atoms with van der Waals surface area (Å²) in [5, 5.41) is 8.98. The van der Waals surface area contributed by atoms with Crippen molar-refractivity contribution in [2.24, 2.45) is 0 Å². The Morgan fingerprint density at radius 3 is 2.86 bits per heavy atom. The van der Waals surface area contributed by atoms with Crippen molar-refractivity contribution < 1.29 is 4.74 Å². The van der Waals surface area contributed by atoms with Crippen LogP contribution in [0.2, 0.25) is 0 Å². The van der Waals surface area contributed by atoms with Crippen molar-refractivity contribution in [2.75, 3.05) is 6.61 Å². The minimum Gasteiger partial charge on any atom is -0.492 e. The molecule has 0 spiro atoms. The molecule has 0 radical (unpaired) electrons. The summed E-state index contributed by atoms with van der Waals surface area (Å²) in [5.41, 5.74) is 4.16. The molecule has 1 aromatic heterocycles. The number of H-pyrrole nitrogens is 1. The summed E-state index contributed by atoms with van der Waals surface area (Å²) in [5.74, 6) is 1.44. The van der Waals surface area contributed by atoms with Gasteiger partial charge in [0.25, 0.3) is 0 Å². The van der Waals surface area contributed by atoms with Crippen molar-refractivity contribution in [3.8, 4) is 23.2 Å². The number of fused-ring (bicyclic) bond motifs is 1. The molecule has 110 valence electrons. The van der Waals surface area contributed by atoms with Crippen LogP contribution in [0.4, 0.5) is 0 Å². The van der Waals surface area contributed by atoms with E-state index in [1.54, 1.807) is 12.1 Å². The number of aryl methyl sites for hydroxylation is 1. The number of aromatic amines is 1. The molecule has 1 N–H and O–H groups in total. The molecule has 1 heterocycles. The number of aromatic nitrogens is 2. The highest BCUT2D eigenvalue weighted by Gasteiger charge is 2.15. The number of imidazole rings is 1. The molecule has 4 nitrogen and oxygen atoms in total. The normalized spacial score (nSPS) is 10.6. The second kappa shape index (κ2) is 5.74. The highest BCUT2D eigenvalue weighted by Crippen LogP contribution is 2.36. The van der Waals surface area contributed by atoms with Gasteiger partial charge in [-0.3, -0.25) is 0 Å². The van der Waals surface area contributed by atoms with Gasteiger partial charge in [0.1, 0.15) is 11.6 Å². The van der Waals surface area contributed by atoms with Gasteiger partial charge in [0.15, 0.2) is 0 Å². The van der Waals surface area contributed by atoms with Crippen molar-refractivity contribution in [2.45, 2.75) is 18.7 Å². The Kier molecular flexibility index (Phi) is 3.78. The van der Waals surface area contributed by atoms with Crippen LogP contribution in [0, 0.1) is 18.3 Å². The van der Waals surface area contributed by atoms with Crippen molar-refractivity contribution in [1.29, 1.82) is 5.26 Å². The topological polar surface area (TPSA) is 61.7 Å². The first-order chi connectivity index (χ1) is 10.6. The van der Waals surface area contributed by atoms with Crippen LogP contribution in [0.1, 0.15) is 18.1 Å². The fourth-order valence-corrected chi connectivity index (χ4v) is 2.61. The molecular formula is C17H15N3OS. The van der Waals surface area contributed by atoms with E-state index in [0.717, 1.165) is 32.8 Å². The van der Waals surface area contributed by atoms with Gasteiger partial charge in [0.2, 0.25) is 0 Å². The summed E-state index contributed by atoms with van der Waals surface area (Å²) in [4.78, 5) is 8.68. The zero-order valence-electron chi connectivity index (χ0n) is 12.3. The summed E-state index contributed by atoms with van der Waals surface area (Å²) in [6.07, 6.45) is 0. The van der Waals surface area contributed by atoms with Gasteiger partial charge in [-0.15, -0.1) is 12.6 Å². The molecule has 0 aliphatic heterocycles. The molecule has 0 aliphatic rings. The van der Waals surface area contributed by atoms with Crippen LogP contribution >= 0.6 is 12.6 Å². The molecule has 3 aromatic rings. The number of ether oxygens (including phenoxy) is 1. The third kappa shape index (κ3) is 2.42. The Balaban J connectivity index is 2.19. The van der Waals surface area contributed by atoms with Crippen LogP contribution in [0.25, 0.3) is 22.4 Å². The lowest BCUT2D eigenvalue weighted by atomic mass is 10.1. The zero-order chi connectivity index (χ0) is 15.7. The van der Waals surface area contributed by atoms with Crippen LogP contribution in [-0.4, -0.2) is 16.6 Å². The minimum atomic E-state index is 0.558. The van der Waals surface area contributed by atoms with Crippen molar-refractivity contribution in [1.82, 2.24) is 9.97 Å². The smallest absolute Gasteiger partial charge is 0.143 e. The Morgan fingerprint density at radius 2 is 2.14 bits per heavy atom. The lowest BCUT2D eigenvalue weighted by molar-refractivity contribution is 0.333. The molecule has 22 heavy (non-hydrogen) atoms. The molecule has 0 atom stereocenters. The fourth-order valence-electron chi connectivity index (χ4n) is 2.35. The second-order valence-corrected chi connectivity index (χ2v) is 5.42. The monoisotopic (exact) mass is 309 g/mol. The molecule has 0 amide bonds. The van der Waals surface area contributed by atoms with E-state index in [4.69, 9.17) is 10.00 Å². The number of nitrogens with one attached hydrogen (secondary N) is 1. The van der Waals surface area contributed by atoms with E-state index in [-0.39, 0.29) is 0 Å². The Morgan fingerprint density at radius 1 is 1.32 bits per heavy atom. The molecule has 3 rings (SSSR count). The summed E-state index contributed by atoms with van der Waals surface area (Å²) in [7, 11) is 0. The summed E-state index contributed by atoms with van der Waals surface area (Å²) >= 11 is 4.55. The molecule has 0 aliphatic carbocycles. The van der Waals surface area contributed by atoms with E-state index in [0.29, 0.717) is 18.0 Å². The molecule has 0 bridgehead atoms. The number of hydrogen-bond donors (Lipinski definition) is 2. The maximum Gasteiger partial charge on any atom is 0.143 e. The van der Waals surface area contributed by atoms with E-state index in [9.17, 15) is 0 Å². The third-order valence-electron chi connectivity index (χ3n) is 3.49. The van der Waals surface area contributed by atoms with Crippen LogP contribution in [0.5, 0.6) is 5.75 Å². The van der Waals surface area contributed by atoms with Crippen LogP contribution in [-0.2, 0) is 0 Å². The van der Waals surface area contributed by atoms with Gasteiger partial charge in [-0.1, -0.05) is 6.07 Å². The largest absolute Gasteiger partial charge is 0.492 e. The van der Waals surface area contributed by atoms with Gasteiger partial charge in [-0.05, 0) is 43.7 Å². The van der Waals surface area contributed by atoms with Gasteiger partial charge in [-0.25, -0.2) is 4.98 Å². The number of benzene rings is 2. The van der Waals surface area contributed by atoms with E-state index in [1.165, 1.54) is 0 Å². The summed E-state index contributed by atoms with van der Waals surface area (Å²) in [6, 6.07) is 11.5. The molecule has 2 aromatic carbocycles. The summed E-state index contributed by atoms with van der Waals surface area (Å²) < 4.78 is 5.76. The van der Waals surface area contributed by atoms with E-state index in [1.807, 2.05) is 32.0 Å². The average Bonchev–Trinajstić information content (AvgIpc) is 2.94. The molecular weight excluding hydrogens is 294 g/mol. The van der Waals surface area contributed by atoms with Crippen molar-refractivity contribution >= 4 is 23.7 Å². The van der Waals surface area contributed by atoms with Gasteiger partial charge >= 0.3 is 0 Å². The number of nitrogens with zero attached hydrogens (tertiary/aromatic N) is 2. The Hall–Kier alpha value is -2.45. The Labute approximate surface area is 134 Å². The lowest BCUT2D eigenvalue weighted by Crippen LogP contribution is -1.97. The standard InChI is InChI=1S/C17H15N3OS/c1-3-21-15-12(6-4-10(2)16(15)22)17-19-13-7-5-11(9-18)8-14(13)20-17/h4-8,22H,3H2,1-2H3,(H,19,20). The number of nitriles is 1. The fraction of sp³-hybridized carbons (Fsp3) is 0.176. The third-order valence-corrected chi connectivity index (χ3v) is 4.04. The zero-order valence-corrected chi connectivity index (χ0v) is 13.2. The molecule has 5 heteroatoms. The van der Waals surface area contributed by atoms with Gasteiger partial charge < -0.3 is 9.72 Å². The number of rotatable bonds is 3. The van der Waals surface area contributed by atoms with Crippen LogP contribution in [0.15, 0.2) is 35.2 Å². The SMILES string of the molecule is CCOc1c(-c2nc3cc(C#N)ccc3[nH]2)ccc(C)c1S. The maximum absolute atomic E-state index is 8.98. The molecule has 0 saturated heterocycles. The predicted octanol–water partition coefficient (Wildman–Crippen LogP) is 4.10. The van der Waals surface area contributed by atoms with Gasteiger partial charge in [0.05, 0.1) is 34.8 Å². The van der Waals surface area contributed by atoms with E-state index >= 15 is 0 Å². The van der Waals surface area contributed by atoms with Crippen LogP contribution in [0.3, 0.4) is 0 Å². The van der Waals surface area contributed by atoms with E-state index in [2.05, 4.69) is 28.7 Å². The first-order valence-electron chi connectivity index (χ1n) is 6.99. The minimum absolute atomic E-state index is 0.558. The van der Waals surface area contributed by atoms with Crippen molar-refractivity contribution in [3.63, 3.8) is 0 Å². The molecule has 0 fully saturated rings. The van der Waals surface area contributed by atoms with Crippen LogP contribution < -0.4 is 4.74 Å². The van der Waals surface area contributed by atoms with E-state index < -0.39 is 0 Å². The number of thiol groups is 1. The van der Waals surface area contributed by atoms with Crippen molar-refractivity contribution in [3.05, 3.63) is 41.5 Å². The molecule has 0 saturated carbocycles.